The number of thiazole rings is 1. The fourth-order valence-corrected chi connectivity index (χ4v) is 3.45. The molecular weight excluding hydrogens is 316 g/mol. The van der Waals surface area contributed by atoms with Crippen molar-refractivity contribution in [1.82, 2.24) is 20.5 Å². The number of aromatic nitrogens is 1. The number of morpholine rings is 1. The lowest BCUT2D eigenvalue weighted by molar-refractivity contribution is 0.0337. The largest absolute Gasteiger partial charge is 0.381 e. The SMILES string of the molecule is O=C(NCc1nc(CN2CCOCC2)cs1)NC1CCOCC1. The Morgan fingerprint density at radius 3 is 2.78 bits per heavy atom. The van der Waals surface area contributed by atoms with E-state index in [1.54, 1.807) is 11.3 Å². The molecule has 2 saturated heterocycles. The minimum atomic E-state index is -0.123. The van der Waals surface area contributed by atoms with Gasteiger partial charge in [0.05, 0.1) is 25.5 Å². The van der Waals surface area contributed by atoms with Crippen molar-refractivity contribution in [2.45, 2.75) is 32.0 Å². The summed E-state index contributed by atoms with van der Waals surface area (Å²) in [4.78, 5) is 18.8. The van der Waals surface area contributed by atoms with Crippen molar-refractivity contribution in [3.63, 3.8) is 0 Å². The molecule has 7 nitrogen and oxygen atoms in total. The van der Waals surface area contributed by atoms with E-state index in [1.807, 2.05) is 0 Å². The Balaban J connectivity index is 1.38. The molecule has 0 aromatic carbocycles. The average Bonchev–Trinajstić information content (AvgIpc) is 3.02. The molecular formula is C15H24N4O3S. The Hall–Kier alpha value is -1.22. The third-order valence-corrected chi connectivity index (χ3v) is 4.94. The summed E-state index contributed by atoms with van der Waals surface area (Å²) in [6, 6.07) is 0.0961. The maximum atomic E-state index is 11.9. The van der Waals surface area contributed by atoms with Crippen LogP contribution in [0.15, 0.2) is 5.38 Å². The van der Waals surface area contributed by atoms with Crippen LogP contribution in [0.3, 0.4) is 0 Å². The predicted molar refractivity (Wildman–Crippen MR) is 87.4 cm³/mol. The number of ether oxygens (including phenoxy) is 2. The van der Waals surface area contributed by atoms with Crippen molar-refractivity contribution < 1.29 is 14.3 Å². The van der Waals surface area contributed by atoms with Crippen LogP contribution in [0.1, 0.15) is 23.5 Å². The molecule has 23 heavy (non-hydrogen) atoms. The van der Waals surface area contributed by atoms with Gasteiger partial charge in [0.2, 0.25) is 0 Å². The third kappa shape index (κ3) is 5.42. The lowest BCUT2D eigenvalue weighted by Gasteiger charge is -2.25. The Labute approximate surface area is 140 Å². The van der Waals surface area contributed by atoms with Crippen molar-refractivity contribution in [3.8, 4) is 0 Å². The number of nitrogens with one attached hydrogen (secondary N) is 2. The maximum Gasteiger partial charge on any atom is 0.315 e. The highest BCUT2D eigenvalue weighted by Gasteiger charge is 2.16. The van der Waals surface area contributed by atoms with Gasteiger partial charge in [-0.2, -0.15) is 0 Å². The van der Waals surface area contributed by atoms with Crippen LogP contribution in [0.25, 0.3) is 0 Å². The van der Waals surface area contributed by atoms with Crippen molar-refractivity contribution in [1.29, 1.82) is 0 Å². The van der Waals surface area contributed by atoms with E-state index in [0.29, 0.717) is 6.54 Å². The first-order valence-corrected chi connectivity index (χ1v) is 9.03. The van der Waals surface area contributed by atoms with Crippen molar-refractivity contribution in [2.75, 3.05) is 39.5 Å². The van der Waals surface area contributed by atoms with Gasteiger partial charge in [-0.15, -0.1) is 11.3 Å². The molecule has 2 N–H and O–H groups in total. The Morgan fingerprint density at radius 2 is 2.00 bits per heavy atom. The summed E-state index contributed by atoms with van der Waals surface area (Å²) in [6.07, 6.45) is 1.77. The van der Waals surface area contributed by atoms with Crippen LogP contribution in [-0.2, 0) is 22.6 Å². The second kappa shape index (κ2) is 8.58. The highest BCUT2D eigenvalue weighted by atomic mass is 32.1. The second-order valence-electron chi connectivity index (χ2n) is 5.83. The van der Waals surface area contributed by atoms with Crippen LogP contribution in [0.4, 0.5) is 4.79 Å². The summed E-state index contributed by atoms with van der Waals surface area (Å²) in [5.74, 6) is 0. The van der Waals surface area contributed by atoms with Crippen molar-refractivity contribution in [3.05, 3.63) is 16.1 Å². The first-order valence-electron chi connectivity index (χ1n) is 8.15. The van der Waals surface area contributed by atoms with Crippen LogP contribution >= 0.6 is 11.3 Å². The number of carbonyl (C=O) groups excluding carboxylic acids is 1. The zero-order valence-electron chi connectivity index (χ0n) is 13.3. The summed E-state index contributed by atoms with van der Waals surface area (Å²) in [5.41, 5.74) is 1.07. The molecule has 0 radical (unpaired) electrons. The van der Waals surface area contributed by atoms with Gasteiger partial charge < -0.3 is 20.1 Å². The van der Waals surface area contributed by atoms with E-state index < -0.39 is 0 Å². The quantitative estimate of drug-likeness (QED) is 0.835. The molecule has 1 aromatic rings. The zero-order chi connectivity index (χ0) is 15.9. The fourth-order valence-electron chi connectivity index (χ4n) is 2.73. The summed E-state index contributed by atoms with van der Waals surface area (Å²) in [7, 11) is 0. The Bertz CT molecular complexity index is 499. The Kier molecular flexibility index (Phi) is 6.21. The molecule has 128 valence electrons. The van der Waals surface area contributed by atoms with Gasteiger partial charge >= 0.3 is 6.03 Å². The van der Waals surface area contributed by atoms with E-state index in [4.69, 9.17) is 9.47 Å². The number of hydrogen-bond acceptors (Lipinski definition) is 6. The highest BCUT2D eigenvalue weighted by Crippen LogP contribution is 2.13. The first kappa shape index (κ1) is 16.6. The van der Waals surface area contributed by atoms with Crippen LogP contribution < -0.4 is 10.6 Å². The lowest BCUT2D eigenvalue weighted by atomic mass is 10.1. The van der Waals surface area contributed by atoms with Crippen LogP contribution in [-0.4, -0.2) is 61.5 Å². The standard InChI is InChI=1S/C15H24N4O3S/c20-15(18-12-1-5-21-6-2-12)16-9-14-17-13(11-23-14)10-19-3-7-22-8-4-19/h11-12H,1-10H2,(H2,16,18,20). The topological polar surface area (TPSA) is 75.7 Å². The molecule has 8 heteroatoms. The fraction of sp³-hybridized carbons (Fsp3) is 0.733. The minimum Gasteiger partial charge on any atom is -0.381 e. The van der Waals surface area contributed by atoms with E-state index in [1.165, 1.54) is 0 Å². The maximum absolute atomic E-state index is 11.9. The number of urea groups is 1. The van der Waals surface area contributed by atoms with Crippen LogP contribution in [0.5, 0.6) is 0 Å². The molecule has 0 atom stereocenters. The van der Waals surface area contributed by atoms with Crippen LogP contribution in [0, 0.1) is 0 Å². The van der Waals surface area contributed by atoms with Crippen molar-refractivity contribution in [2.24, 2.45) is 0 Å². The number of rotatable bonds is 5. The third-order valence-electron chi connectivity index (χ3n) is 4.05. The number of hydrogen-bond donors (Lipinski definition) is 2. The van der Waals surface area contributed by atoms with Crippen molar-refractivity contribution >= 4 is 17.4 Å². The molecule has 2 aliphatic heterocycles. The summed E-state index contributed by atoms with van der Waals surface area (Å²) >= 11 is 1.59. The molecule has 2 amide bonds. The van der Waals surface area contributed by atoms with Gasteiger partial charge in [0.25, 0.3) is 0 Å². The monoisotopic (exact) mass is 340 g/mol. The summed E-state index contributed by atoms with van der Waals surface area (Å²) in [6.45, 7) is 6.29. The van der Waals surface area contributed by atoms with E-state index in [9.17, 15) is 4.79 Å². The molecule has 0 spiro atoms. The smallest absolute Gasteiger partial charge is 0.315 e. The zero-order valence-corrected chi connectivity index (χ0v) is 14.1. The number of carbonyl (C=O) groups is 1. The Morgan fingerprint density at radius 1 is 1.26 bits per heavy atom. The summed E-state index contributed by atoms with van der Waals surface area (Å²) < 4.78 is 10.6. The van der Waals surface area contributed by atoms with E-state index >= 15 is 0 Å². The lowest BCUT2D eigenvalue weighted by Crippen LogP contribution is -2.44. The predicted octanol–water partition coefficient (Wildman–Crippen LogP) is 0.953. The van der Waals surface area contributed by atoms with Gasteiger partial charge in [0, 0.05) is 44.3 Å². The number of amides is 2. The molecule has 1 aromatic heterocycles. The highest BCUT2D eigenvalue weighted by molar-refractivity contribution is 7.09. The molecule has 3 rings (SSSR count). The first-order chi connectivity index (χ1) is 11.3. The molecule has 0 bridgehead atoms. The van der Waals surface area contributed by atoms with Crippen LogP contribution in [0.2, 0.25) is 0 Å². The summed E-state index contributed by atoms with van der Waals surface area (Å²) in [5, 5.41) is 8.89. The number of nitrogens with zero attached hydrogens (tertiary/aromatic N) is 2. The van der Waals surface area contributed by atoms with Gasteiger partial charge in [0.15, 0.2) is 0 Å². The van der Waals surface area contributed by atoms with Gasteiger partial charge in [-0.05, 0) is 12.8 Å². The van der Waals surface area contributed by atoms with E-state index in [-0.39, 0.29) is 12.1 Å². The molecule has 2 fully saturated rings. The van der Waals surface area contributed by atoms with Gasteiger partial charge in [-0.3, -0.25) is 4.90 Å². The minimum absolute atomic E-state index is 0.123. The molecule has 0 aliphatic carbocycles. The average molecular weight is 340 g/mol. The molecule has 0 unspecified atom stereocenters. The molecule has 0 saturated carbocycles. The van der Waals surface area contributed by atoms with E-state index in [2.05, 4.69) is 25.9 Å². The second-order valence-corrected chi connectivity index (χ2v) is 6.78. The van der Waals surface area contributed by atoms with E-state index in [0.717, 1.165) is 69.6 Å². The molecule has 3 heterocycles. The van der Waals surface area contributed by atoms with Gasteiger partial charge in [-0.1, -0.05) is 0 Å². The van der Waals surface area contributed by atoms with Gasteiger partial charge in [-0.25, -0.2) is 9.78 Å². The van der Waals surface area contributed by atoms with Gasteiger partial charge in [0.1, 0.15) is 5.01 Å². The molecule has 2 aliphatic rings. The normalized spacial score (nSPS) is 20.3.